The van der Waals surface area contributed by atoms with Gasteiger partial charge >= 0.3 is 13.1 Å². The molecule has 2 heterocycles. The van der Waals surface area contributed by atoms with Crippen molar-refractivity contribution in [2.75, 3.05) is 5.75 Å². The van der Waals surface area contributed by atoms with E-state index in [1.54, 1.807) is 24.3 Å². The maximum Gasteiger partial charge on any atom is 0.527 e. The summed E-state index contributed by atoms with van der Waals surface area (Å²) in [6.45, 7) is 1.37. The molecule has 4 rings (SSSR count). The average Bonchev–Trinajstić information content (AvgIpc) is 3.09. The summed E-state index contributed by atoms with van der Waals surface area (Å²) < 4.78 is 31.1. The Morgan fingerprint density at radius 2 is 1.96 bits per heavy atom. The molecule has 0 aliphatic carbocycles. The fourth-order valence-electron chi connectivity index (χ4n) is 3.64. The molecule has 140 valence electrons. The van der Waals surface area contributed by atoms with Crippen LogP contribution in [0.5, 0.6) is 5.75 Å². The molecule has 0 amide bonds. The number of carboxylic acids is 1. The molecule has 0 spiro atoms. The van der Waals surface area contributed by atoms with Crippen molar-refractivity contribution in [3.63, 3.8) is 0 Å². The molecule has 2 aromatic rings. The molecule has 3 N–H and O–H groups in total. The van der Waals surface area contributed by atoms with E-state index in [0.717, 1.165) is 17.7 Å². The number of rotatable bonds is 4. The summed E-state index contributed by atoms with van der Waals surface area (Å²) in [5.41, 5.74) is 2.59. The highest BCUT2D eigenvalue weighted by Crippen LogP contribution is 2.36. The Balaban J connectivity index is 1.59. The van der Waals surface area contributed by atoms with Gasteiger partial charge in [-0.3, -0.25) is 0 Å². The predicted octanol–water partition coefficient (Wildman–Crippen LogP) is 1.25. The molecule has 2 aliphatic heterocycles. The van der Waals surface area contributed by atoms with Crippen LogP contribution in [-0.2, 0) is 29.3 Å². The Morgan fingerprint density at radius 3 is 2.74 bits per heavy atom. The van der Waals surface area contributed by atoms with Gasteiger partial charge in [0.2, 0.25) is 0 Å². The Morgan fingerprint density at radius 1 is 1.19 bits per heavy atom. The lowest BCUT2D eigenvalue weighted by Gasteiger charge is -2.28. The lowest BCUT2D eigenvalue weighted by Crippen LogP contribution is -2.38. The minimum atomic E-state index is -3.63. The quantitative estimate of drug-likeness (QED) is 0.677. The third kappa shape index (κ3) is 3.33. The third-order valence-electron chi connectivity index (χ3n) is 5.05. The molecule has 0 saturated heterocycles. The highest BCUT2D eigenvalue weighted by Gasteiger charge is 2.39. The van der Waals surface area contributed by atoms with E-state index < -0.39 is 28.7 Å². The second-order valence-electron chi connectivity index (χ2n) is 6.89. The van der Waals surface area contributed by atoms with Gasteiger partial charge in [0.05, 0.1) is 16.2 Å². The first-order valence-corrected chi connectivity index (χ1v) is 10.3. The molecule has 0 unspecified atom stereocenters. The van der Waals surface area contributed by atoms with Crippen LogP contribution in [0.4, 0.5) is 0 Å². The first-order valence-electron chi connectivity index (χ1n) is 8.60. The number of carbonyl (C=O) groups is 1. The van der Waals surface area contributed by atoms with Crippen molar-refractivity contribution in [3.8, 4) is 5.75 Å². The number of hydrogen-bond acceptors (Lipinski definition) is 6. The average molecular weight is 387 g/mol. The fraction of sp³-hybridized carbons (Fsp3) is 0.278. The van der Waals surface area contributed by atoms with E-state index in [-0.39, 0.29) is 28.4 Å². The first kappa shape index (κ1) is 18.0. The minimum absolute atomic E-state index is 0.0426. The number of nitrogens with one attached hydrogen (secondary N) is 1. The van der Waals surface area contributed by atoms with Crippen molar-refractivity contribution >= 4 is 22.9 Å². The maximum absolute atomic E-state index is 12.9. The normalized spacial score (nSPS) is 18.6. The van der Waals surface area contributed by atoms with Gasteiger partial charge in [-0.1, -0.05) is 18.2 Å². The van der Waals surface area contributed by atoms with Crippen LogP contribution in [0.3, 0.4) is 0 Å². The summed E-state index contributed by atoms with van der Waals surface area (Å²) >= 11 is 0. The molecule has 2 aromatic carbocycles. The molecule has 2 aliphatic rings. The van der Waals surface area contributed by atoms with Crippen LogP contribution in [0.25, 0.3) is 0 Å². The summed E-state index contributed by atoms with van der Waals surface area (Å²) in [6, 6.07) is 9.75. The second kappa shape index (κ2) is 6.67. The number of hydrogen-bond donors (Lipinski definition) is 3. The number of aromatic carboxylic acids is 1. The third-order valence-corrected chi connectivity index (χ3v) is 6.89. The highest BCUT2D eigenvalue weighted by atomic mass is 32.2. The van der Waals surface area contributed by atoms with Gasteiger partial charge in [-0.2, -0.15) is 0 Å². The van der Waals surface area contributed by atoms with Crippen molar-refractivity contribution in [1.29, 1.82) is 0 Å². The van der Waals surface area contributed by atoms with Crippen molar-refractivity contribution in [2.24, 2.45) is 0 Å². The molecule has 9 heteroatoms. The van der Waals surface area contributed by atoms with E-state index in [1.165, 1.54) is 6.07 Å². The summed E-state index contributed by atoms with van der Waals surface area (Å²) in [5.74, 6) is -2.01. The van der Waals surface area contributed by atoms with Gasteiger partial charge in [0.15, 0.2) is 9.84 Å². The van der Waals surface area contributed by atoms with Gasteiger partial charge in [-0.25, -0.2) is 13.2 Å². The Kier molecular flexibility index (Phi) is 4.45. The molecule has 27 heavy (non-hydrogen) atoms. The number of para-hydroxylation sites is 1. The molecule has 0 saturated carbocycles. The van der Waals surface area contributed by atoms with E-state index >= 15 is 0 Å². The molecule has 0 bridgehead atoms. The molecule has 0 radical (unpaired) electrons. The Hall–Kier alpha value is -2.36. The van der Waals surface area contributed by atoms with Crippen molar-refractivity contribution < 1.29 is 28.0 Å². The Labute approximate surface area is 157 Å². The SMILES string of the molecule is O=C(O)c1cccc2c1OB(O)[C@@H](CS(=O)(=O)c1ccc3c(c1)CNC3)C2. The van der Waals surface area contributed by atoms with Gasteiger partial charge in [-0.05, 0) is 41.3 Å². The zero-order chi connectivity index (χ0) is 19.2. The summed E-state index contributed by atoms with van der Waals surface area (Å²) in [4.78, 5) is 11.5. The predicted molar refractivity (Wildman–Crippen MR) is 98.5 cm³/mol. The number of fused-ring (bicyclic) bond motifs is 2. The number of benzene rings is 2. The van der Waals surface area contributed by atoms with E-state index in [0.29, 0.717) is 12.1 Å². The van der Waals surface area contributed by atoms with Crippen LogP contribution >= 0.6 is 0 Å². The van der Waals surface area contributed by atoms with Gasteiger partial charge in [0.1, 0.15) is 5.75 Å². The van der Waals surface area contributed by atoms with E-state index in [4.69, 9.17) is 4.65 Å². The summed E-state index contributed by atoms with van der Waals surface area (Å²) in [7, 11) is -5.01. The van der Waals surface area contributed by atoms with Gasteiger partial charge < -0.3 is 20.1 Å². The highest BCUT2D eigenvalue weighted by molar-refractivity contribution is 7.91. The zero-order valence-corrected chi connectivity index (χ0v) is 15.2. The molecular weight excluding hydrogens is 369 g/mol. The van der Waals surface area contributed by atoms with Crippen LogP contribution in [-0.4, -0.2) is 37.4 Å². The smallest absolute Gasteiger partial charge is 0.527 e. The van der Waals surface area contributed by atoms with Gasteiger partial charge in [0, 0.05) is 18.9 Å². The van der Waals surface area contributed by atoms with Crippen molar-refractivity contribution in [2.45, 2.75) is 30.2 Å². The lowest BCUT2D eigenvalue weighted by molar-refractivity contribution is 0.0694. The van der Waals surface area contributed by atoms with Crippen LogP contribution in [0.15, 0.2) is 41.3 Å². The van der Waals surface area contributed by atoms with Crippen molar-refractivity contribution in [3.05, 3.63) is 58.7 Å². The van der Waals surface area contributed by atoms with Crippen molar-refractivity contribution in [1.82, 2.24) is 5.32 Å². The molecule has 1 atom stereocenters. The fourth-order valence-corrected chi connectivity index (χ4v) is 5.27. The van der Waals surface area contributed by atoms with Crippen LogP contribution in [0.1, 0.15) is 27.0 Å². The Bertz CT molecular complexity index is 1020. The van der Waals surface area contributed by atoms with E-state index in [1.807, 2.05) is 6.07 Å². The van der Waals surface area contributed by atoms with Crippen LogP contribution in [0.2, 0.25) is 5.82 Å². The van der Waals surface area contributed by atoms with Crippen LogP contribution in [0, 0.1) is 0 Å². The van der Waals surface area contributed by atoms with Crippen LogP contribution < -0.4 is 9.97 Å². The standard InChI is InChI=1S/C18H18BNO6S/c21-18(22)16-3-1-2-11-6-14(19(23)26-17(11)16)10-27(24,25)15-5-4-12-8-20-9-13(12)7-15/h1-5,7,14,20,23H,6,8-10H2,(H,21,22)/t14-/m1/s1. The summed E-state index contributed by atoms with van der Waals surface area (Å²) in [5, 5.41) is 22.7. The number of sulfone groups is 1. The lowest BCUT2D eigenvalue weighted by atomic mass is 9.68. The van der Waals surface area contributed by atoms with E-state index in [9.17, 15) is 23.3 Å². The van der Waals surface area contributed by atoms with Gasteiger partial charge in [-0.15, -0.1) is 0 Å². The molecular formula is C18H18BNO6S. The molecule has 0 fully saturated rings. The largest absolute Gasteiger partial charge is 0.535 e. The molecule has 0 aromatic heterocycles. The van der Waals surface area contributed by atoms with E-state index in [2.05, 4.69) is 5.32 Å². The molecule has 7 nitrogen and oxygen atoms in total. The minimum Gasteiger partial charge on any atom is -0.535 e. The zero-order valence-electron chi connectivity index (χ0n) is 14.4. The maximum atomic E-state index is 12.9. The summed E-state index contributed by atoms with van der Waals surface area (Å²) in [6.07, 6.45) is 0.226. The number of carboxylic acid groups (broad SMARTS) is 1. The second-order valence-corrected chi connectivity index (χ2v) is 8.92. The topological polar surface area (TPSA) is 113 Å². The van der Waals surface area contributed by atoms with Gasteiger partial charge in [0.25, 0.3) is 0 Å². The first-order chi connectivity index (χ1) is 12.8. The monoisotopic (exact) mass is 387 g/mol.